The Morgan fingerprint density at radius 3 is 3.00 bits per heavy atom. The van der Waals surface area contributed by atoms with Crippen molar-refractivity contribution in [3.63, 3.8) is 0 Å². The average Bonchev–Trinajstić information content (AvgIpc) is 2.67. The molecule has 2 rings (SSSR count). The monoisotopic (exact) mass is 345 g/mol. The molecule has 2 unspecified atom stereocenters. The second-order valence-electron chi connectivity index (χ2n) is 5.68. The van der Waals surface area contributed by atoms with Gasteiger partial charge in [0.1, 0.15) is 0 Å². The number of thiophene rings is 1. The van der Waals surface area contributed by atoms with Crippen molar-refractivity contribution in [2.24, 2.45) is 5.92 Å². The molecule has 1 saturated carbocycles. The normalized spacial score (nSPS) is 27.3. The lowest BCUT2D eigenvalue weighted by Crippen LogP contribution is -2.45. The van der Waals surface area contributed by atoms with Gasteiger partial charge in [0.25, 0.3) is 5.91 Å². The zero-order valence-corrected chi connectivity index (χ0v) is 13.7. The van der Waals surface area contributed by atoms with Crippen molar-refractivity contribution >= 4 is 33.2 Å². The summed E-state index contributed by atoms with van der Waals surface area (Å²) in [6.45, 7) is 4.48. The molecule has 0 aromatic carbocycles. The van der Waals surface area contributed by atoms with E-state index in [2.05, 4.69) is 28.2 Å². The summed E-state index contributed by atoms with van der Waals surface area (Å²) in [6, 6.07) is 1.87. The van der Waals surface area contributed by atoms with E-state index >= 15 is 0 Å². The summed E-state index contributed by atoms with van der Waals surface area (Å²) in [4.78, 5) is 12.7. The number of hydrogen-bond acceptors (Lipinski definition) is 3. The van der Waals surface area contributed by atoms with Crippen LogP contribution in [0.5, 0.6) is 0 Å². The molecule has 1 aromatic rings. The summed E-state index contributed by atoms with van der Waals surface area (Å²) in [5.74, 6) is 0.444. The number of halogens is 1. The van der Waals surface area contributed by atoms with Gasteiger partial charge in [0.05, 0.1) is 14.3 Å². The van der Waals surface area contributed by atoms with Gasteiger partial charge in [-0.1, -0.05) is 19.8 Å². The van der Waals surface area contributed by atoms with Gasteiger partial charge in [0, 0.05) is 6.54 Å². The summed E-state index contributed by atoms with van der Waals surface area (Å²) < 4.78 is 0.989. The summed E-state index contributed by atoms with van der Waals surface area (Å²) in [7, 11) is 0. The number of carbonyl (C=O) groups is 1. The van der Waals surface area contributed by atoms with Crippen molar-refractivity contribution < 1.29 is 9.90 Å². The number of carbonyl (C=O) groups excluding carboxylic acids is 1. The topological polar surface area (TPSA) is 49.3 Å². The van der Waals surface area contributed by atoms with Crippen molar-refractivity contribution in [3.05, 3.63) is 20.3 Å². The van der Waals surface area contributed by atoms with Gasteiger partial charge in [-0.3, -0.25) is 4.79 Å². The molecule has 19 heavy (non-hydrogen) atoms. The minimum atomic E-state index is -0.725. The van der Waals surface area contributed by atoms with Crippen molar-refractivity contribution in [3.8, 4) is 0 Å². The van der Waals surface area contributed by atoms with Gasteiger partial charge in [0.15, 0.2) is 0 Å². The highest BCUT2D eigenvalue weighted by Crippen LogP contribution is 2.32. The molecule has 3 nitrogen and oxygen atoms in total. The Labute approximate surface area is 126 Å². The smallest absolute Gasteiger partial charge is 0.261 e. The van der Waals surface area contributed by atoms with Gasteiger partial charge in [-0.25, -0.2) is 0 Å². The largest absolute Gasteiger partial charge is 0.388 e. The van der Waals surface area contributed by atoms with Crippen molar-refractivity contribution in [1.82, 2.24) is 5.32 Å². The standard InChI is InChI=1S/C14H20BrNO2S/c1-9-4-3-5-14(18,7-9)8-16-13(17)11-6-10(2)12(15)19-11/h6,9,18H,3-5,7-8H2,1-2H3,(H,16,17). The number of amides is 1. The molecule has 1 aliphatic rings. The van der Waals surface area contributed by atoms with E-state index in [0.29, 0.717) is 17.3 Å². The van der Waals surface area contributed by atoms with Gasteiger partial charge in [-0.2, -0.15) is 0 Å². The highest BCUT2D eigenvalue weighted by Gasteiger charge is 2.33. The average molecular weight is 346 g/mol. The summed E-state index contributed by atoms with van der Waals surface area (Å²) in [6.07, 6.45) is 3.77. The molecule has 5 heteroatoms. The first-order valence-corrected chi connectivity index (χ1v) is 8.27. The molecule has 1 aromatic heterocycles. The van der Waals surface area contributed by atoms with E-state index in [0.717, 1.165) is 28.6 Å². The minimum Gasteiger partial charge on any atom is -0.388 e. The highest BCUT2D eigenvalue weighted by molar-refractivity contribution is 9.11. The fourth-order valence-electron chi connectivity index (χ4n) is 2.70. The van der Waals surface area contributed by atoms with Gasteiger partial charge in [0.2, 0.25) is 0 Å². The van der Waals surface area contributed by atoms with E-state index < -0.39 is 5.60 Å². The second-order valence-corrected chi connectivity index (χ2v) is 8.05. The van der Waals surface area contributed by atoms with Crippen LogP contribution in [0.3, 0.4) is 0 Å². The fraction of sp³-hybridized carbons (Fsp3) is 0.643. The molecule has 1 heterocycles. The van der Waals surface area contributed by atoms with Crippen LogP contribution in [0.2, 0.25) is 0 Å². The molecule has 106 valence electrons. The lowest BCUT2D eigenvalue weighted by atomic mass is 9.79. The molecule has 0 saturated heterocycles. The maximum absolute atomic E-state index is 12.0. The van der Waals surface area contributed by atoms with Gasteiger partial charge >= 0.3 is 0 Å². The fourth-order valence-corrected chi connectivity index (χ4v) is 4.15. The van der Waals surface area contributed by atoms with E-state index in [-0.39, 0.29) is 5.91 Å². The quantitative estimate of drug-likeness (QED) is 0.880. The zero-order valence-electron chi connectivity index (χ0n) is 11.3. The van der Waals surface area contributed by atoms with Crippen molar-refractivity contribution in [2.75, 3.05) is 6.54 Å². The van der Waals surface area contributed by atoms with Crippen LogP contribution in [0.4, 0.5) is 0 Å². The Morgan fingerprint density at radius 2 is 2.42 bits per heavy atom. The summed E-state index contributed by atoms with van der Waals surface area (Å²) in [5.41, 5.74) is 0.344. The number of rotatable bonds is 3. The first kappa shape index (κ1) is 15.0. The molecule has 1 amide bonds. The van der Waals surface area contributed by atoms with Crippen LogP contribution >= 0.6 is 27.3 Å². The molecular formula is C14H20BrNO2S. The predicted octanol–water partition coefficient (Wildman–Crippen LogP) is 3.49. The van der Waals surface area contributed by atoms with Crippen LogP contribution in [0.15, 0.2) is 9.85 Å². The van der Waals surface area contributed by atoms with Crippen molar-refractivity contribution in [1.29, 1.82) is 0 Å². The van der Waals surface area contributed by atoms with E-state index in [4.69, 9.17) is 0 Å². The highest BCUT2D eigenvalue weighted by atomic mass is 79.9. The molecule has 2 atom stereocenters. The van der Waals surface area contributed by atoms with Crippen LogP contribution in [-0.4, -0.2) is 23.2 Å². The molecule has 0 spiro atoms. The molecule has 1 fully saturated rings. The molecule has 2 N–H and O–H groups in total. The van der Waals surface area contributed by atoms with Gasteiger partial charge in [-0.05, 0) is 53.2 Å². The van der Waals surface area contributed by atoms with E-state index in [9.17, 15) is 9.90 Å². The van der Waals surface area contributed by atoms with Crippen LogP contribution in [0.1, 0.15) is 47.8 Å². The molecule has 0 bridgehead atoms. The van der Waals surface area contributed by atoms with Crippen LogP contribution < -0.4 is 5.32 Å². The first-order valence-electron chi connectivity index (χ1n) is 6.66. The number of nitrogens with one attached hydrogen (secondary N) is 1. The lowest BCUT2D eigenvalue weighted by Gasteiger charge is -2.35. The number of aryl methyl sites for hydroxylation is 1. The third kappa shape index (κ3) is 3.80. The Kier molecular flexibility index (Phi) is 4.69. The Morgan fingerprint density at radius 1 is 1.68 bits per heavy atom. The van der Waals surface area contributed by atoms with Crippen LogP contribution in [0.25, 0.3) is 0 Å². The molecule has 0 aliphatic heterocycles. The Balaban J connectivity index is 1.93. The Bertz CT molecular complexity index is 455. The molecule has 1 aliphatic carbocycles. The molecular weight excluding hydrogens is 326 g/mol. The maximum Gasteiger partial charge on any atom is 0.261 e. The van der Waals surface area contributed by atoms with E-state index in [1.54, 1.807) is 0 Å². The van der Waals surface area contributed by atoms with Gasteiger partial charge < -0.3 is 10.4 Å². The minimum absolute atomic E-state index is 0.0922. The Hall–Kier alpha value is -0.390. The van der Waals surface area contributed by atoms with E-state index in [1.807, 2.05) is 13.0 Å². The summed E-state index contributed by atoms with van der Waals surface area (Å²) in [5, 5.41) is 13.3. The lowest BCUT2D eigenvalue weighted by molar-refractivity contribution is -0.0109. The second kappa shape index (κ2) is 5.94. The third-order valence-electron chi connectivity index (χ3n) is 3.73. The first-order chi connectivity index (χ1) is 8.89. The SMILES string of the molecule is Cc1cc(C(=O)NCC2(O)CCCC(C)C2)sc1Br. The third-order valence-corrected chi connectivity index (χ3v) is 5.86. The zero-order chi connectivity index (χ0) is 14.0. The predicted molar refractivity (Wildman–Crippen MR) is 81.7 cm³/mol. The molecule has 0 radical (unpaired) electrons. The van der Waals surface area contributed by atoms with Gasteiger partial charge in [-0.15, -0.1) is 11.3 Å². The summed E-state index contributed by atoms with van der Waals surface area (Å²) >= 11 is 4.85. The number of hydrogen-bond donors (Lipinski definition) is 2. The van der Waals surface area contributed by atoms with Crippen LogP contribution in [-0.2, 0) is 0 Å². The van der Waals surface area contributed by atoms with E-state index in [1.165, 1.54) is 17.8 Å². The number of aliphatic hydroxyl groups is 1. The maximum atomic E-state index is 12.0. The van der Waals surface area contributed by atoms with Crippen molar-refractivity contribution in [2.45, 2.75) is 45.1 Å². The van der Waals surface area contributed by atoms with Crippen LogP contribution in [0, 0.1) is 12.8 Å².